The van der Waals surface area contributed by atoms with Crippen LogP contribution in [0.4, 0.5) is 8.78 Å². The van der Waals surface area contributed by atoms with E-state index in [1.165, 1.54) is 19.0 Å². The average Bonchev–Trinajstić information content (AvgIpc) is 3.18. The van der Waals surface area contributed by atoms with Crippen molar-refractivity contribution in [2.24, 2.45) is 5.92 Å². The Morgan fingerprint density at radius 3 is 2.67 bits per heavy atom. The first-order valence-corrected chi connectivity index (χ1v) is 9.28. The second-order valence-electron chi connectivity index (χ2n) is 6.55. The number of nitrogens with zero attached hydrogens (tertiary/aromatic N) is 6. The summed E-state index contributed by atoms with van der Waals surface area (Å²) in [6.45, 7) is -2.83. The number of hydrogen-bond acceptors (Lipinski definition) is 4. The van der Waals surface area contributed by atoms with E-state index in [0.29, 0.717) is 16.2 Å². The molecule has 0 amide bonds. The van der Waals surface area contributed by atoms with E-state index in [4.69, 9.17) is 0 Å². The first-order valence-electron chi connectivity index (χ1n) is 8.48. The van der Waals surface area contributed by atoms with Gasteiger partial charge in [0.15, 0.2) is 0 Å². The monoisotopic (exact) mass is 432 g/mol. The molecule has 3 aromatic rings. The molecule has 0 aliphatic heterocycles. The number of pyridine rings is 1. The molecule has 138 valence electrons. The van der Waals surface area contributed by atoms with Gasteiger partial charge in [-0.15, -0.1) is 0 Å². The van der Waals surface area contributed by atoms with Crippen LogP contribution < -0.4 is 0 Å². The number of halogens is 3. The molecule has 0 spiro atoms. The Morgan fingerprint density at radius 1 is 1.22 bits per heavy atom. The highest BCUT2D eigenvalue weighted by atomic mass is 79.9. The highest BCUT2D eigenvalue weighted by Gasteiger charge is 2.29. The van der Waals surface area contributed by atoms with Crippen LogP contribution in [0.5, 0.6) is 0 Å². The predicted octanol–water partition coefficient (Wildman–Crippen LogP) is 4.56. The normalized spacial score (nSPS) is 15.1. The largest absolute Gasteiger partial charge is 0.333 e. The molecule has 1 aliphatic rings. The van der Waals surface area contributed by atoms with Crippen LogP contribution in [0.25, 0.3) is 11.3 Å². The first-order chi connectivity index (χ1) is 13.1. The number of hydrogen-bond donors (Lipinski definition) is 0. The molecule has 0 radical (unpaired) electrons. The zero-order valence-electron chi connectivity index (χ0n) is 14.1. The standard InChI is InChI=1S/C18H15BrF2N6/c19-14-3-4-15(23-9-14)16(5-11-1-2-11)26-10-13(8-24-26)17-12(6-22)7-25-27(17)18(20)21/h3-4,7-11,16,18H,1-2,5H2. The highest BCUT2D eigenvalue weighted by Crippen LogP contribution is 2.39. The summed E-state index contributed by atoms with van der Waals surface area (Å²) >= 11 is 3.39. The second kappa shape index (κ2) is 7.19. The van der Waals surface area contributed by atoms with Crippen LogP contribution in [0, 0.1) is 17.2 Å². The van der Waals surface area contributed by atoms with Crippen molar-refractivity contribution in [3.8, 4) is 17.3 Å². The third-order valence-corrected chi connectivity index (χ3v) is 5.11. The SMILES string of the molecule is N#Cc1cnn(C(F)F)c1-c1cnn(C(CC2CC2)c2ccc(Br)cn2)c1. The van der Waals surface area contributed by atoms with E-state index in [0.717, 1.165) is 22.8 Å². The summed E-state index contributed by atoms with van der Waals surface area (Å²) < 4.78 is 29.7. The first kappa shape index (κ1) is 17.8. The molecule has 1 fully saturated rings. The average molecular weight is 433 g/mol. The Kier molecular flexibility index (Phi) is 4.74. The van der Waals surface area contributed by atoms with Gasteiger partial charge in [0.05, 0.1) is 35.4 Å². The molecule has 1 unspecified atom stereocenters. The summed E-state index contributed by atoms with van der Waals surface area (Å²) in [5, 5.41) is 17.3. The van der Waals surface area contributed by atoms with Gasteiger partial charge in [0, 0.05) is 22.4 Å². The Hall–Kier alpha value is -2.60. The van der Waals surface area contributed by atoms with Crippen molar-refractivity contribution in [2.45, 2.75) is 31.9 Å². The Balaban J connectivity index is 1.72. The number of rotatable bonds is 6. The molecule has 3 heterocycles. The third kappa shape index (κ3) is 3.62. The van der Waals surface area contributed by atoms with Crippen molar-refractivity contribution in [1.29, 1.82) is 5.26 Å². The van der Waals surface area contributed by atoms with Gasteiger partial charge in [0.25, 0.3) is 0 Å². The van der Waals surface area contributed by atoms with Crippen LogP contribution >= 0.6 is 15.9 Å². The van der Waals surface area contributed by atoms with Gasteiger partial charge in [0.1, 0.15) is 6.07 Å². The summed E-state index contributed by atoms with van der Waals surface area (Å²) in [7, 11) is 0. The van der Waals surface area contributed by atoms with E-state index < -0.39 is 6.55 Å². The maximum absolute atomic E-state index is 13.3. The lowest BCUT2D eigenvalue weighted by molar-refractivity contribution is 0.0585. The van der Waals surface area contributed by atoms with Crippen LogP contribution in [-0.2, 0) is 0 Å². The van der Waals surface area contributed by atoms with Gasteiger partial charge in [-0.05, 0) is 40.4 Å². The second-order valence-corrected chi connectivity index (χ2v) is 7.46. The van der Waals surface area contributed by atoms with E-state index in [-0.39, 0.29) is 17.3 Å². The Labute approximate surface area is 162 Å². The molecule has 27 heavy (non-hydrogen) atoms. The molecule has 9 heteroatoms. The molecule has 6 nitrogen and oxygen atoms in total. The molecule has 0 N–H and O–H groups in total. The van der Waals surface area contributed by atoms with Gasteiger partial charge in [-0.2, -0.15) is 24.2 Å². The number of alkyl halides is 2. The quantitative estimate of drug-likeness (QED) is 0.572. The van der Waals surface area contributed by atoms with Crippen molar-refractivity contribution < 1.29 is 8.78 Å². The lowest BCUT2D eigenvalue weighted by Gasteiger charge is -2.17. The zero-order chi connectivity index (χ0) is 19.0. The predicted molar refractivity (Wildman–Crippen MR) is 96.8 cm³/mol. The van der Waals surface area contributed by atoms with E-state index in [2.05, 4.69) is 31.1 Å². The molecule has 0 saturated heterocycles. The summed E-state index contributed by atoms with van der Waals surface area (Å²) in [5.41, 5.74) is 1.47. The maximum atomic E-state index is 13.3. The lowest BCUT2D eigenvalue weighted by atomic mass is 10.1. The topological polar surface area (TPSA) is 72.3 Å². The molecule has 1 saturated carbocycles. The smallest absolute Gasteiger partial charge is 0.263 e. The van der Waals surface area contributed by atoms with Gasteiger partial charge in [-0.25, -0.2) is 4.68 Å². The molecule has 3 aromatic heterocycles. The van der Waals surface area contributed by atoms with E-state index in [9.17, 15) is 14.0 Å². The van der Waals surface area contributed by atoms with Crippen molar-refractivity contribution in [3.05, 3.63) is 52.7 Å². The molecule has 4 rings (SSSR count). The van der Waals surface area contributed by atoms with Crippen LogP contribution in [0.15, 0.2) is 41.4 Å². The molecule has 0 bridgehead atoms. The minimum absolute atomic E-state index is 0.0766. The third-order valence-electron chi connectivity index (χ3n) is 4.64. The summed E-state index contributed by atoms with van der Waals surface area (Å²) in [6, 6.07) is 5.68. The van der Waals surface area contributed by atoms with Gasteiger partial charge < -0.3 is 0 Å². The summed E-state index contributed by atoms with van der Waals surface area (Å²) in [4.78, 5) is 4.49. The van der Waals surface area contributed by atoms with Crippen molar-refractivity contribution in [2.75, 3.05) is 0 Å². The van der Waals surface area contributed by atoms with Gasteiger partial charge in [0.2, 0.25) is 0 Å². The van der Waals surface area contributed by atoms with E-state index in [1.807, 2.05) is 18.2 Å². The maximum Gasteiger partial charge on any atom is 0.333 e. The van der Waals surface area contributed by atoms with Crippen LogP contribution in [-0.4, -0.2) is 24.5 Å². The van der Waals surface area contributed by atoms with Crippen molar-refractivity contribution in [3.63, 3.8) is 0 Å². The molecular weight excluding hydrogens is 418 g/mol. The van der Waals surface area contributed by atoms with Crippen molar-refractivity contribution >= 4 is 15.9 Å². The van der Waals surface area contributed by atoms with Gasteiger partial charge >= 0.3 is 6.55 Å². The number of aromatic nitrogens is 5. The van der Waals surface area contributed by atoms with E-state index >= 15 is 0 Å². The minimum Gasteiger partial charge on any atom is -0.263 e. The molecule has 1 atom stereocenters. The molecular formula is C18H15BrF2N6. The minimum atomic E-state index is -2.83. The number of nitriles is 1. The molecule has 0 aromatic carbocycles. The highest BCUT2D eigenvalue weighted by molar-refractivity contribution is 9.10. The van der Waals surface area contributed by atoms with Crippen molar-refractivity contribution in [1.82, 2.24) is 24.5 Å². The summed E-state index contributed by atoms with van der Waals surface area (Å²) in [6.07, 6.45) is 9.31. The van der Waals surface area contributed by atoms with Crippen LogP contribution in [0.2, 0.25) is 0 Å². The van der Waals surface area contributed by atoms with Gasteiger partial charge in [-0.1, -0.05) is 12.8 Å². The van der Waals surface area contributed by atoms with Gasteiger partial charge in [-0.3, -0.25) is 9.67 Å². The lowest BCUT2D eigenvalue weighted by Crippen LogP contribution is -2.13. The van der Waals surface area contributed by atoms with Crippen LogP contribution in [0.1, 0.15) is 43.1 Å². The zero-order valence-corrected chi connectivity index (χ0v) is 15.7. The summed E-state index contributed by atoms with van der Waals surface area (Å²) in [5.74, 6) is 0.620. The van der Waals surface area contributed by atoms with E-state index in [1.54, 1.807) is 17.1 Å². The Bertz CT molecular complexity index is 984. The fourth-order valence-corrected chi connectivity index (χ4v) is 3.36. The molecule has 1 aliphatic carbocycles. The van der Waals surface area contributed by atoms with Crippen LogP contribution in [0.3, 0.4) is 0 Å². The fraction of sp³-hybridized carbons (Fsp3) is 0.333. The Morgan fingerprint density at radius 2 is 2.04 bits per heavy atom. The fourth-order valence-electron chi connectivity index (χ4n) is 3.13.